The van der Waals surface area contributed by atoms with Gasteiger partial charge in [0.2, 0.25) is 0 Å². The monoisotopic (exact) mass is 692 g/mol. The van der Waals surface area contributed by atoms with Crippen LogP contribution in [0.5, 0.6) is 0 Å². The number of hydrogen-bond acceptors (Lipinski definition) is 3. The molecule has 0 spiro atoms. The van der Waals surface area contributed by atoms with E-state index in [1.54, 1.807) is 0 Å². The second-order valence-corrected chi connectivity index (χ2v) is 15.0. The molecule has 0 amide bonds. The van der Waals surface area contributed by atoms with Crippen LogP contribution in [0.2, 0.25) is 0 Å². The first-order valence-corrected chi connectivity index (χ1v) is 18.8. The number of furan rings is 2. The molecule has 0 aliphatic heterocycles. The van der Waals surface area contributed by atoms with Crippen LogP contribution in [0, 0.1) is 0 Å². The summed E-state index contributed by atoms with van der Waals surface area (Å²) < 4.78 is 15.8. The van der Waals surface area contributed by atoms with Crippen molar-refractivity contribution in [1.82, 2.24) is 0 Å². The molecule has 53 heavy (non-hydrogen) atoms. The van der Waals surface area contributed by atoms with Gasteiger partial charge in [-0.05, 0) is 80.0 Å². The molecule has 0 unspecified atom stereocenters. The normalized spacial score (nSPS) is 12.2. The van der Waals surface area contributed by atoms with E-state index in [1.165, 1.54) is 69.4 Å². The van der Waals surface area contributed by atoms with Gasteiger partial charge in [0.15, 0.2) is 0 Å². The molecule has 12 aromatic rings. The highest BCUT2D eigenvalue weighted by Gasteiger charge is 2.24. The predicted octanol–water partition coefficient (Wildman–Crippen LogP) is 15.2. The lowest BCUT2D eigenvalue weighted by Gasteiger charge is -2.19. The van der Waals surface area contributed by atoms with Gasteiger partial charge in [-0.2, -0.15) is 0 Å². The highest BCUT2D eigenvalue weighted by atomic mass is 32.1. The highest BCUT2D eigenvalue weighted by Crippen LogP contribution is 2.51. The minimum absolute atomic E-state index is 0.877. The van der Waals surface area contributed by atoms with Crippen molar-refractivity contribution in [2.45, 2.75) is 0 Å². The Balaban J connectivity index is 1.21. The standard InChI is InChI=1S/C50H28O2S/c1-2-12-30(13-3-1)43-28-41-44(51-43)27-40-33-15-9-11-21-45(33)53-50(40)48(41)47-36-18-6-4-16-34(36)46(35-17-5-7-19-37(35)47)31-23-22-29-24-25-38-32-14-8-10-20-42(32)52-49(38)39(29)26-31/h1-28H. The van der Waals surface area contributed by atoms with Crippen molar-refractivity contribution in [2.75, 3.05) is 0 Å². The second kappa shape index (κ2) is 10.9. The maximum atomic E-state index is 6.75. The Hall–Kier alpha value is -6.68. The molecule has 3 heterocycles. The Bertz CT molecular complexity index is 3390. The third-order valence-corrected chi connectivity index (χ3v) is 12.3. The zero-order chi connectivity index (χ0) is 34.6. The van der Waals surface area contributed by atoms with Crippen molar-refractivity contribution in [2.24, 2.45) is 0 Å². The van der Waals surface area contributed by atoms with Crippen molar-refractivity contribution < 1.29 is 8.83 Å². The zero-order valence-corrected chi connectivity index (χ0v) is 29.2. The van der Waals surface area contributed by atoms with Gasteiger partial charge in [-0.1, -0.05) is 133 Å². The van der Waals surface area contributed by atoms with Crippen LogP contribution >= 0.6 is 11.3 Å². The summed E-state index contributed by atoms with van der Waals surface area (Å²) in [6, 6.07) is 61.2. The van der Waals surface area contributed by atoms with Crippen molar-refractivity contribution in [1.29, 1.82) is 0 Å². The van der Waals surface area contributed by atoms with Gasteiger partial charge in [-0.25, -0.2) is 0 Å². The summed E-state index contributed by atoms with van der Waals surface area (Å²) in [5.41, 5.74) is 8.69. The Morgan fingerprint density at radius 1 is 0.340 bits per heavy atom. The molecule has 0 bridgehead atoms. The molecule has 0 saturated heterocycles. The molecule has 2 nitrogen and oxygen atoms in total. The van der Waals surface area contributed by atoms with Gasteiger partial charge in [-0.15, -0.1) is 11.3 Å². The number of thiophene rings is 1. The van der Waals surface area contributed by atoms with Crippen molar-refractivity contribution >= 4 is 96.7 Å². The predicted molar refractivity (Wildman–Crippen MR) is 225 cm³/mol. The SMILES string of the molecule is c1ccc(-c2cc3c(-c4c5ccccc5c(-c5ccc6ccc7c8ccccc8oc7c6c5)c5ccccc45)c4sc5ccccc5c4cc3o2)cc1. The topological polar surface area (TPSA) is 26.3 Å². The quantitative estimate of drug-likeness (QED) is 0.172. The average molecular weight is 693 g/mol. The van der Waals surface area contributed by atoms with Gasteiger partial charge in [0.05, 0.1) is 0 Å². The maximum absolute atomic E-state index is 6.75. The lowest BCUT2D eigenvalue weighted by Crippen LogP contribution is -1.91. The molecule has 9 aromatic carbocycles. The largest absolute Gasteiger partial charge is 0.456 e. The molecule has 0 atom stereocenters. The third-order valence-electron chi connectivity index (χ3n) is 11.1. The van der Waals surface area contributed by atoms with Crippen LogP contribution < -0.4 is 0 Å². The minimum Gasteiger partial charge on any atom is -0.456 e. The lowest BCUT2D eigenvalue weighted by atomic mass is 9.84. The Morgan fingerprint density at radius 3 is 1.75 bits per heavy atom. The zero-order valence-electron chi connectivity index (χ0n) is 28.4. The van der Waals surface area contributed by atoms with E-state index in [4.69, 9.17) is 8.83 Å². The molecule has 12 rings (SSSR count). The van der Waals surface area contributed by atoms with E-state index >= 15 is 0 Å². The molecule has 3 aromatic heterocycles. The molecule has 0 saturated carbocycles. The van der Waals surface area contributed by atoms with Crippen LogP contribution in [0.15, 0.2) is 179 Å². The molecule has 246 valence electrons. The van der Waals surface area contributed by atoms with E-state index in [9.17, 15) is 0 Å². The van der Waals surface area contributed by atoms with E-state index in [1.807, 2.05) is 23.5 Å². The lowest BCUT2D eigenvalue weighted by molar-refractivity contribution is 0.632. The minimum atomic E-state index is 0.877. The van der Waals surface area contributed by atoms with E-state index < -0.39 is 0 Å². The fraction of sp³-hybridized carbons (Fsp3) is 0. The molecule has 0 radical (unpaired) electrons. The summed E-state index contributed by atoms with van der Waals surface area (Å²) in [7, 11) is 0. The molecule has 3 heteroatoms. The molecule has 0 N–H and O–H groups in total. The first-order valence-electron chi connectivity index (χ1n) is 18.0. The highest BCUT2D eigenvalue weighted by molar-refractivity contribution is 7.26. The third kappa shape index (κ3) is 4.14. The molecule has 0 fully saturated rings. The molecule has 0 aliphatic rings. The van der Waals surface area contributed by atoms with Crippen LogP contribution in [-0.4, -0.2) is 0 Å². The van der Waals surface area contributed by atoms with Gasteiger partial charge >= 0.3 is 0 Å². The fourth-order valence-electron chi connectivity index (χ4n) is 8.71. The number of rotatable bonds is 3. The average Bonchev–Trinajstić information content (AvgIpc) is 3.93. The smallest absolute Gasteiger partial charge is 0.143 e. The Labute approximate surface area is 307 Å². The number of fused-ring (bicyclic) bond motifs is 11. The van der Waals surface area contributed by atoms with E-state index in [-0.39, 0.29) is 0 Å². The summed E-state index contributed by atoms with van der Waals surface area (Å²) in [4.78, 5) is 0. The van der Waals surface area contributed by atoms with Crippen LogP contribution in [0.25, 0.3) is 119 Å². The van der Waals surface area contributed by atoms with Gasteiger partial charge in [0.1, 0.15) is 22.5 Å². The summed E-state index contributed by atoms with van der Waals surface area (Å²) >= 11 is 1.87. The van der Waals surface area contributed by atoms with Crippen LogP contribution in [0.4, 0.5) is 0 Å². The van der Waals surface area contributed by atoms with E-state index in [2.05, 4.69) is 158 Å². The maximum Gasteiger partial charge on any atom is 0.143 e. The van der Waals surface area contributed by atoms with Crippen LogP contribution in [0.3, 0.4) is 0 Å². The molecular formula is C50H28O2S. The number of benzene rings is 9. The summed E-state index contributed by atoms with van der Waals surface area (Å²) in [6.07, 6.45) is 0. The van der Waals surface area contributed by atoms with Crippen molar-refractivity contribution in [3.63, 3.8) is 0 Å². The van der Waals surface area contributed by atoms with Crippen LogP contribution in [-0.2, 0) is 0 Å². The summed E-state index contributed by atoms with van der Waals surface area (Å²) in [5.74, 6) is 0.877. The summed E-state index contributed by atoms with van der Waals surface area (Å²) in [5, 5.41) is 13.1. The molecule has 0 aliphatic carbocycles. The fourth-order valence-corrected chi connectivity index (χ4v) is 9.96. The van der Waals surface area contributed by atoms with Gasteiger partial charge in [0.25, 0.3) is 0 Å². The number of para-hydroxylation sites is 1. The van der Waals surface area contributed by atoms with Crippen molar-refractivity contribution in [3.05, 3.63) is 170 Å². The Kier molecular flexibility index (Phi) is 5.96. The first-order chi connectivity index (χ1) is 26.3. The van der Waals surface area contributed by atoms with Gasteiger partial charge < -0.3 is 8.83 Å². The van der Waals surface area contributed by atoms with Crippen LogP contribution in [0.1, 0.15) is 0 Å². The second-order valence-electron chi connectivity index (χ2n) is 13.9. The van der Waals surface area contributed by atoms with E-state index in [0.29, 0.717) is 0 Å². The van der Waals surface area contributed by atoms with Gasteiger partial charge in [-0.3, -0.25) is 0 Å². The Morgan fingerprint density at radius 2 is 0.981 bits per heavy atom. The summed E-state index contributed by atoms with van der Waals surface area (Å²) in [6.45, 7) is 0. The van der Waals surface area contributed by atoms with Gasteiger partial charge in [0, 0.05) is 52.8 Å². The first kappa shape index (κ1) is 29.0. The number of hydrogen-bond donors (Lipinski definition) is 0. The van der Waals surface area contributed by atoms with E-state index in [0.717, 1.165) is 49.6 Å². The molecular weight excluding hydrogens is 665 g/mol. The van der Waals surface area contributed by atoms with Crippen molar-refractivity contribution in [3.8, 4) is 33.6 Å².